The third kappa shape index (κ3) is 2.76. The van der Waals surface area contributed by atoms with E-state index in [0.29, 0.717) is 0 Å². The van der Waals surface area contributed by atoms with E-state index in [9.17, 15) is 4.79 Å². The predicted octanol–water partition coefficient (Wildman–Crippen LogP) is 2.88. The molecule has 0 radical (unpaired) electrons. The fourth-order valence-electron chi connectivity index (χ4n) is 3.15. The Balaban J connectivity index is 1.81. The van der Waals surface area contributed by atoms with Crippen LogP contribution in [0.3, 0.4) is 0 Å². The van der Waals surface area contributed by atoms with Crippen LogP contribution in [0.2, 0.25) is 0 Å². The molecular weight excluding hydrogens is 288 g/mol. The number of hydrogen-bond acceptors (Lipinski definition) is 4. The smallest absolute Gasteiger partial charge is 0.264 e. The van der Waals surface area contributed by atoms with E-state index in [-0.39, 0.29) is 18.0 Å². The van der Waals surface area contributed by atoms with Gasteiger partial charge in [-0.2, -0.15) is 11.8 Å². The van der Waals surface area contributed by atoms with E-state index < -0.39 is 0 Å². The highest BCUT2D eigenvalue weighted by atomic mass is 32.2. The molecule has 2 atom stereocenters. The maximum absolute atomic E-state index is 12.8. The van der Waals surface area contributed by atoms with Gasteiger partial charge in [-0.05, 0) is 50.0 Å². The number of carbonyl (C=O) groups is 1. The molecule has 2 aliphatic heterocycles. The van der Waals surface area contributed by atoms with Gasteiger partial charge < -0.3 is 10.6 Å². The summed E-state index contributed by atoms with van der Waals surface area (Å²) in [6.45, 7) is 2.88. The number of nitrogens with two attached hydrogens (primary N) is 1. The molecule has 2 aliphatic rings. The molecule has 5 heteroatoms. The van der Waals surface area contributed by atoms with Gasteiger partial charge in [-0.3, -0.25) is 4.79 Å². The van der Waals surface area contributed by atoms with Crippen LogP contribution in [0.4, 0.5) is 0 Å². The van der Waals surface area contributed by atoms with Crippen LogP contribution in [-0.2, 0) is 12.2 Å². The van der Waals surface area contributed by atoms with Crippen LogP contribution >= 0.6 is 23.1 Å². The Morgan fingerprint density at radius 2 is 2.35 bits per heavy atom. The number of fused-ring (bicyclic) bond motifs is 1. The minimum Gasteiger partial charge on any atom is -0.333 e. The topological polar surface area (TPSA) is 46.3 Å². The minimum absolute atomic E-state index is 0.0596. The molecule has 0 aromatic carbocycles. The first-order valence-electron chi connectivity index (χ1n) is 7.42. The van der Waals surface area contributed by atoms with Gasteiger partial charge in [-0.1, -0.05) is 0 Å². The van der Waals surface area contributed by atoms with E-state index in [1.165, 1.54) is 22.6 Å². The standard InChI is InChI=1S/C15H22N2OS2/c1-10(16)12-4-2-3-6-17(12)15(18)14-8-11-9-19-7-5-13(11)20-14/h8,10,12H,2-7,9,16H2,1H3. The van der Waals surface area contributed by atoms with Gasteiger partial charge in [-0.15, -0.1) is 11.3 Å². The van der Waals surface area contributed by atoms with Crippen LogP contribution < -0.4 is 5.73 Å². The number of likely N-dealkylation sites (tertiary alicyclic amines) is 1. The molecule has 1 aromatic heterocycles. The lowest BCUT2D eigenvalue weighted by atomic mass is 9.96. The maximum Gasteiger partial charge on any atom is 0.264 e. The van der Waals surface area contributed by atoms with Crippen molar-refractivity contribution in [3.05, 3.63) is 21.4 Å². The molecule has 0 saturated carbocycles. The normalized spacial score (nSPS) is 24.3. The summed E-state index contributed by atoms with van der Waals surface area (Å²) in [4.78, 5) is 17.2. The number of piperidine rings is 1. The Hall–Kier alpha value is -0.520. The van der Waals surface area contributed by atoms with Gasteiger partial charge in [0.25, 0.3) is 5.91 Å². The Bertz CT molecular complexity index is 475. The Morgan fingerprint density at radius 1 is 1.50 bits per heavy atom. The van der Waals surface area contributed by atoms with Crippen LogP contribution in [0.1, 0.15) is 46.3 Å². The van der Waals surface area contributed by atoms with Crippen LogP contribution in [-0.4, -0.2) is 35.2 Å². The van der Waals surface area contributed by atoms with Gasteiger partial charge in [-0.25, -0.2) is 0 Å². The van der Waals surface area contributed by atoms with E-state index in [1.807, 2.05) is 23.6 Å². The zero-order valence-electron chi connectivity index (χ0n) is 11.9. The average Bonchev–Trinajstić information content (AvgIpc) is 2.90. The van der Waals surface area contributed by atoms with Crippen molar-refractivity contribution in [2.45, 2.75) is 50.4 Å². The second-order valence-corrected chi connectivity index (χ2v) is 8.02. The first-order valence-corrected chi connectivity index (χ1v) is 9.40. The Morgan fingerprint density at radius 3 is 3.10 bits per heavy atom. The fourth-order valence-corrected chi connectivity index (χ4v) is 5.48. The lowest BCUT2D eigenvalue weighted by Gasteiger charge is -2.37. The summed E-state index contributed by atoms with van der Waals surface area (Å²) in [7, 11) is 0. The van der Waals surface area contributed by atoms with Crippen molar-refractivity contribution >= 4 is 29.0 Å². The van der Waals surface area contributed by atoms with Crippen LogP contribution in [0.25, 0.3) is 0 Å². The highest BCUT2D eigenvalue weighted by molar-refractivity contribution is 7.98. The average molecular weight is 310 g/mol. The fraction of sp³-hybridized carbons (Fsp3) is 0.667. The van der Waals surface area contributed by atoms with E-state index in [1.54, 1.807) is 11.3 Å². The van der Waals surface area contributed by atoms with E-state index in [0.717, 1.165) is 36.4 Å². The van der Waals surface area contributed by atoms with Gasteiger partial charge in [0, 0.05) is 29.3 Å². The number of thioether (sulfide) groups is 1. The summed E-state index contributed by atoms with van der Waals surface area (Å²) in [5, 5.41) is 0. The van der Waals surface area contributed by atoms with E-state index in [4.69, 9.17) is 5.73 Å². The number of nitrogens with zero attached hydrogens (tertiary/aromatic N) is 1. The predicted molar refractivity (Wildman–Crippen MR) is 86.5 cm³/mol. The highest BCUT2D eigenvalue weighted by Gasteiger charge is 2.31. The van der Waals surface area contributed by atoms with Gasteiger partial charge in [0.1, 0.15) is 0 Å². The number of rotatable bonds is 2. The van der Waals surface area contributed by atoms with Crippen molar-refractivity contribution < 1.29 is 4.79 Å². The number of hydrogen-bond donors (Lipinski definition) is 1. The quantitative estimate of drug-likeness (QED) is 0.913. The van der Waals surface area contributed by atoms with Crippen molar-refractivity contribution in [3.63, 3.8) is 0 Å². The molecule has 0 spiro atoms. The Labute approximate surface area is 128 Å². The molecule has 110 valence electrons. The summed E-state index contributed by atoms with van der Waals surface area (Å²) >= 11 is 3.67. The summed E-state index contributed by atoms with van der Waals surface area (Å²) in [5.41, 5.74) is 7.46. The van der Waals surface area contributed by atoms with Crippen molar-refractivity contribution in [3.8, 4) is 0 Å². The molecule has 1 amide bonds. The largest absolute Gasteiger partial charge is 0.333 e. The molecule has 20 heavy (non-hydrogen) atoms. The first kappa shape index (κ1) is 14.4. The summed E-state index contributed by atoms with van der Waals surface area (Å²) in [6, 6.07) is 2.40. The number of carbonyl (C=O) groups excluding carboxylic acids is 1. The Kier molecular flexibility index (Phi) is 4.38. The summed E-state index contributed by atoms with van der Waals surface area (Å²) < 4.78 is 0. The zero-order chi connectivity index (χ0) is 14.1. The van der Waals surface area contributed by atoms with Crippen LogP contribution in [0, 0.1) is 0 Å². The summed E-state index contributed by atoms with van der Waals surface area (Å²) in [6.07, 6.45) is 4.46. The molecule has 0 aliphatic carbocycles. The van der Waals surface area contributed by atoms with E-state index in [2.05, 4.69) is 6.07 Å². The van der Waals surface area contributed by atoms with Crippen molar-refractivity contribution in [1.82, 2.24) is 4.90 Å². The molecule has 1 saturated heterocycles. The van der Waals surface area contributed by atoms with Crippen molar-refractivity contribution in [2.75, 3.05) is 12.3 Å². The molecule has 3 nitrogen and oxygen atoms in total. The lowest BCUT2D eigenvalue weighted by molar-refractivity contribution is 0.0589. The van der Waals surface area contributed by atoms with Crippen molar-refractivity contribution in [1.29, 1.82) is 0 Å². The SMILES string of the molecule is CC(N)C1CCCCN1C(=O)c1cc2c(s1)CCSC2. The minimum atomic E-state index is 0.0596. The summed E-state index contributed by atoms with van der Waals surface area (Å²) in [5.74, 6) is 2.46. The third-order valence-corrected chi connectivity index (χ3v) is 6.49. The number of amides is 1. The molecule has 0 bridgehead atoms. The molecule has 1 fully saturated rings. The lowest BCUT2D eigenvalue weighted by Crippen LogP contribution is -2.51. The van der Waals surface area contributed by atoms with Gasteiger partial charge in [0.15, 0.2) is 0 Å². The maximum atomic E-state index is 12.8. The van der Waals surface area contributed by atoms with Crippen LogP contribution in [0.15, 0.2) is 6.07 Å². The van der Waals surface area contributed by atoms with Gasteiger partial charge >= 0.3 is 0 Å². The molecule has 3 heterocycles. The molecular formula is C15H22N2OS2. The molecule has 2 unspecified atom stereocenters. The van der Waals surface area contributed by atoms with Gasteiger partial charge in [0.05, 0.1) is 4.88 Å². The monoisotopic (exact) mass is 310 g/mol. The number of thiophene rings is 1. The molecule has 3 rings (SSSR count). The first-order chi connectivity index (χ1) is 9.66. The third-order valence-electron chi connectivity index (χ3n) is 4.26. The van der Waals surface area contributed by atoms with Crippen molar-refractivity contribution in [2.24, 2.45) is 5.73 Å². The molecule has 2 N–H and O–H groups in total. The van der Waals surface area contributed by atoms with Gasteiger partial charge in [0.2, 0.25) is 0 Å². The molecule has 1 aromatic rings. The number of aryl methyl sites for hydroxylation is 1. The highest BCUT2D eigenvalue weighted by Crippen LogP contribution is 2.33. The second kappa shape index (κ2) is 6.08. The van der Waals surface area contributed by atoms with E-state index >= 15 is 0 Å². The zero-order valence-corrected chi connectivity index (χ0v) is 13.6. The van der Waals surface area contributed by atoms with Crippen LogP contribution in [0.5, 0.6) is 0 Å². The second-order valence-electron chi connectivity index (χ2n) is 5.78.